The molecule has 0 spiro atoms. The van der Waals surface area contributed by atoms with Gasteiger partial charge in [0.05, 0.1) is 11.5 Å². The highest BCUT2D eigenvalue weighted by atomic mass is 32.2. The van der Waals surface area contributed by atoms with Gasteiger partial charge in [0.2, 0.25) is 0 Å². The molecule has 1 aliphatic heterocycles. The van der Waals surface area contributed by atoms with E-state index in [0.29, 0.717) is 18.5 Å². The van der Waals surface area contributed by atoms with Gasteiger partial charge in [0.15, 0.2) is 9.84 Å². The van der Waals surface area contributed by atoms with Gasteiger partial charge in [-0.05, 0) is 24.1 Å². The summed E-state index contributed by atoms with van der Waals surface area (Å²) >= 11 is 0. The number of aromatic hydroxyl groups is 1. The molecule has 0 amide bonds. The Morgan fingerprint density at radius 2 is 2.20 bits per heavy atom. The van der Waals surface area contributed by atoms with Crippen molar-refractivity contribution in [3.63, 3.8) is 0 Å². The van der Waals surface area contributed by atoms with E-state index in [2.05, 4.69) is 10.3 Å². The number of benzene rings is 1. The van der Waals surface area contributed by atoms with Gasteiger partial charge in [-0.2, -0.15) is 0 Å². The van der Waals surface area contributed by atoms with E-state index in [-0.39, 0.29) is 23.3 Å². The molecule has 1 aromatic carbocycles. The molecule has 1 aliphatic rings. The Hall–Kier alpha value is -1.66. The fourth-order valence-electron chi connectivity index (χ4n) is 2.58. The summed E-state index contributed by atoms with van der Waals surface area (Å²) < 4.78 is 22.9. The molecule has 2 heterocycles. The maximum absolute atomic E-state index is 11.4. The molecule has 5 nitrogen and oxygen atoms in total. The molecule has 6 heteroatoms. The highest BCUT2D eigenvalue weighted by Crippen LogP contribution is 2.25. The molecule has 1 aromatic heterocycles. The van der Waals surface area contributed by atoms with E-state index in [4.69, 9.17) is 0 Å². The first-order valence-electron chi connectivity index (χ1n) is 6.54. The van der Waals surface area contributed by atoms with Crippen molar-refractivity contribution in [1.82, 2.24) is 10.3 Å². The zero-order valence-electron chi connectivity index (χ0n) is 10.9. The molecule has 1 atom stereocenters. The van der Waals surface area contributed by atoms with Crippen molar-refractivity contribution < 1.29 is 13.5 Å². The summed E-state index contributed by atoms with van der Waals surface area (Å²) in [5.41, 5.74) is 1.58. The first-order chi connectivity index (χ1) is 9.55. The molecule has 0 radical (unpaired) electrons. The SMILES string of the molecule is O=S1(=O)CCC(NCc2ccc(O)c3ncccc23)C1. The van der Waals surface area contributed by atoms with Gasteiger partial charge in [-0.25, -0.2) is 8.42 Å². The summed E-state index contributed by atoms with van der Waals surface area (Å²) in [4.78, 5) is 4.17. The van der Waals surface area contributed by atoms with Crippen LogP contribution in [0, 0.1) is 0 Å². The van der Waals surface area contributed by atoms with Gasteiger partial charge in [-0.1, -0.05) is 12.1 Å². The third-order valence-electron chi connectivity index (χ3n) is 3.65. The Kier molecular flexibility index (Phi) is 3.35. The number of nitrogens with one attached hydrogen (secondary N) is 1. The second-order valence-corrected chi connectivity index (χ2v) is 7.35. The maximum Gasteiger partial charge on any atom is 0.151 e. The van der Waals surface area contributed by atoms with Crippen LogP contribution in [0.5, 0.6) is 5.75 Å². The standard InChI is InChI=1S/C14H16N2O3S/c17-13-4-3-10(12-2-1-6-15-14(12)13)8-16-11-5-7-20(18,19)9-11/h1-4,6,11,16-17H,5,7-9H2. The molecule has 1 fully saturated rings. The van der Waals surface area contributed by atoms with E-state index in [1.165, 1.54) is 0 Å². The minimum atomic E-state index is -2.86. The fraction of sp³-hybridized carbons (Fsp3) is 0.357. The van der Waals surface area contributed by atoms with Gasteiger partial charge in [0.1, 0.15) is 11.3 Å². The lowest BCUT2D eigenvalue weighted by atomic mass is 10.1. The summed E-state index contributed by atoms with van der Waals surface area (Å²) in [6, 6.07) is 7.21. The molecular formula is C14H16N2O3S. The van der Waals surface area contributed by atoms with Crippen LogP contribution in [0.15, 0.2) is 30.5 Å². The Morgan fingerprint density at radius 1 is 1.35 bits per heavy atom. The van der Waals surface area contributed by atoms with Gasteiger partial charge in [-0.15, -0.1) is 0 Å². The molecule has 3 rings (SSSR count). The molecule has 0 saturated carbocycles. The monoisotopic (exact) mass is 292 g/mol. The topological polar surface area (TPSA) is 79.3 Å². The molecule has 2 aromatic rings. The molecule has 2 N–H and O–H groups in total. The smallest absolute Gasteiger partial charge is 0.151 e. The third kappa shape index (κ3) is 2.62. The van der Waals surface area contributed by atoms with Crippen molar-refractivity contribution in [1.29, 1.82) is 0 Å². The van der Waals surface area contributed by atoms with Crippen LogP contribution >= 0.6 is 0 Å². The number of pyridine rings is 1. The quantitative estimate of drug-likeness (QED) is 0.889. The average Bonchev–Trinajstić information content (AvgIpc) is 2.78. The predicted molar refractivity (Wildman–Crippen MR) is 77.3 cm³/mol. The lowest BCUT2D eigenvalue weighted by molar-refractivity contribution is 0.480. The molecule has 0 aliphatic carbocycles. The van der Waals surface area contributed by atoms with Crippen molar-refractivity contribution in [3.8, 4) is 5.75 Å². The summed E-state index contributed by atoms with van der Waals surface area (Å²) in [5, 5.41) is 13.9. The number of nitrogens with zero attached hydrogens (tertiary/aromatic N) is 1. The number of hydrogen-bond acceptors (Lipinski definition) is 5. The molecule has 1 unspecified atom stereocenters. The third-order valence-corrected chi connectivity index (χ3v) is 5.42. The van der Waals surface area contributed by atoms with E-state index in [0.717, 1.165) is 10.9 Å². The van der Waals surface area contributed by atoms with Crippen LogP contribution in [0.4, 0.5) is 0 Å². The van der Waals surface area contributed by atoms with E-state index < -0.39 is 9.84 Å². The van der Waals surface area contributed by atoms with Gasteiger partial charge in [0, 0.05) is 24.2 Å². The number of fused-ring (bicyclic) bond motifs is 1. The number of aromatic nitrogens is 1. The van der Waals surface area contributed by atoms with Crippen LogP contribution in [0.3, 0.4) is 0 Å². The highest BCUT2D eigenvalue weighted by molar-refractivity contribution is 7.91. The average molecular weight is 292 g/mol. The summed E-state index contributed by atoms with van der Waals surface area (Å²) in [5.74, 6) is 0.636. The fourth-order valence-corrected chi connectivity index (χ4v) is 4.29. The second-order valence-electron chi connectivity index (χ2n) is 5.12. The van der Waals surface area contributed by atoms with Gasteiger partial charge in [-0.3, -0.25) is 4.98 Å². The Labute approximate surface area is 117 Å². The van der Waals surface area contributed by atoms with Gasteiger partial charge in [0.25, 0.3) is 0 Å². The van der Waals surface area contributed by atoms with Crippen LogP contribution in [-0.2, 0) is 16.4 Å². The van der Waals surface area contributed by atoms with Crippen LogP contribution < -0.4 is 5.32 Å². The van der Waals surface area contributed by atoms with Crippen molar-refractivity contribution in [2.45, 2.75) is 19.0 Å². The molecule has 0 bridgehead atoms. The lowest BCUT2D eigenvalue weighted by Gasteiger charge is -2.12. The highest BCUT2D eigenvalue weighted by Gasteiger charge is 2.27. The van der Waals surface area contributed by atoms with Crippen molar-refractivity contribution in [2.75, 3.05) is 11.5 Å². The van der Waals surface area contributed by atoms with E-state index in [1.807, 2.05) is 18.2 Å². The first-order valence-corrected chi connectivity index (χ1v) is 8.37. The molecule has 1 saturated heterocycles. The van der Waals surface area contributed by atoms with Crippen molar-refractivity contribution >= 4 is 20.7 Å². The summed E-state index contributed by atoms with van der Waals surface area (Å²) in [7, 11) is -2.86. The van der Waals surface area contributed by atoms with E-state index in [1.54, 1.807) is 12.3 Å². The second kappa shape index (κ2) is 5.03. The molecular weight excluding hydrogens is 276 g/mol. The van der Waals surface area contributed by atoms with Gasteiger partial charge >= 0.3 is 0 Å². The normalized spacial score (nSPS) is 21.3. The number of phenols is 1. The van der Waals surface area contributed by atoms with Crippen molar-refractivity contribution in [2.24, 2.45) is 0 Å². The zero-order valence-corrected chi connectivity index (χ0v) is 11.7. The van der Waals surface area contributed by atoms with Crippen LogP contribution in [0.1, 0.15) is 12.0 Å². The predicted octanol–water partition coefficient (Wildman–Crippen LogP) is 1.22. The Balaban J connectivity index is 1.80. The lowest BCUT2D eigenvalue weighted by Crippen LogP contribution is -2.29. The largest absolute Gasteiger partial charge is 0.506 e. The van der Waals surface area contributed by atoms with Crippen LogP contribution in [-0.4, -0.2) is 36.1 Å². The summed E-state index contributed by atoms with van der Waals surface area (Å²) in [6.45, 7) is 0.572. The number of sulfone groups is 1. The maximum atomic E-state index is 11.4. The van der Waals surface area contributed by atoms with E-state index >= 15 is 0 Å². The zero-order chi connectivity index (χ0) is 14.2. The van der Waals surface area contributed by atoms with Crippen LogP contribution in [0.2, 0.25) is 0 Å². The number of phenolic OH excluding ortho intramolecular Hbond substituents is 1. The molecule has 20 heavy (non-hydrogen) atoms. The minimum absolute atomic E-state index is 0.0144. The first kappa shape index (κ1) is 13.3. The number of hydrogen-bond donors (Lipinski definition) is 2. The Morgan fingerprint density at radius 3 is 2.95 bits per heavy atom. The van der Waals surface area contributed by atoms with Crippen molar-refractivity contribution in [3.05, 3.63) is 36.0 Å². The molecule has 106 valence electrons. The Bertz CT molecular complexity index is 743. The summed E-state index contributed by atoms with van der Waals surface area (Å²) in [6.07, 6.45) is 2.30. The van der Waals surface area contributed by atoms with Gasteiger partial charge < -0.3 is 10.4 Å². The number of rotatable bonds is 3. The van der Waals surface area contributed by atoms with Crippen LogP contribution in [0.25, 0.3) is 10.9 Å². The van der Waals surface area contributed by atoms with E-state index in [9.17, 15) is 13.5 Å². The minimum Gasteiger partial charge on any atom is -0.506 e.